The van der Waals surface area contributed by atoms with E-state index in [1.165, 1.54) is 6.07 Å². The summed E-state index contributed by atoms with van der Waals surface area (Å²) in [6.07, 6.45) is 4.93. The first kappa shape index (κ1) is 14.0. The van der Waals surface area contributed by atoms with Crippen LogP contribution in [0.15, 0.2) is 24.5 Å². The molecule has 2 heterocycles. The van der Waals surface area contributed by atoms with Crippen LogP contribution in [0.4, 0.5) is 0 Å². The van der Waals surface area contributed by atoms with Crippen LogP contribution in [0.1, 0.15) is 36.3 Å². The molecule has 0 fully saturated rings. The molecule has 2 aromatic heterocycles. The predicted molar refractivity (Wildman–Crippen MR) is 73.2 cm³/mol. The minimum Gasteiger partial charge on any atom is -0.478 e. The Labute approximate surface area is 117 Å². The predicted octanol–water partition coefficient (Wildman–Crippen LogP) is 2.74. The first-order valence-electron chi connectivity index (χ1n) is 6.57. The summed E-state index contributed by atoms with van der Waals surface area (Å²) in [5, 5.41) is 13.2. The van der Waals surface area contributed by atoms with E-state index in [0.29, 0.717) is 17.9 Å². The molecule has 106 valence electrons. The van der Waals surface area contributed by atoms with Gasteiger partial charge in [0.2, 0.25) is 5.88 Å². The van der Waals surface area contributed by atoms with E-state index in [1.807, 2.05) is 13.8 Å². The number of aromatic nitrogens is 3. The number of hydrogen-bond acceptors (Lipinski definition) is 4. The SMILES string of the molecule is CCCc1cc(C(=O)O)cc(Oc2cnn(CC)c2)n1. The van der Waals surface area contributed by atoms with Gasteiger partial charge in [0.1, 0.15) is 0 Å². The van der Waals surface area contributed by atoms with Gasteiger partial charge >= 0.3 is 5.97 Å². The van der Waals surface area contributed by atoms with Crippen molar-refractivity contribution in [1.82, 2.24) is 14.8 Å². The zero-order valence-electron chi connectivity index (χ0n) is 11.5. The molecular weight excluding hydrogens is 258 g/mol. The van der Waals surface area contributed by atoms with Crippen molar-refractivity contribution in [3.63, 3.8) is 0 Å². The third kappa shape index (κ3) is 3.34. The van der Waals surface area contributed by atoms with E-state index in [0.717, 1.165) is 13.0 Å². The van der Waals surface area contributed by atoms with E-state index in [4.69, 9.17) is 9.84 Å². The van der Waals surface area contributed by atoms with Crippen molar-refractivity contribution < 1.29 is 14.6 Å². The first-order valence-corrected chi connectivity index (χ1v) is 6.57. The Balaban J connectivity index is 2.27. The van der Waals surface area contributed by atoms with Crippen LogP contribution in [0.25, 0.3) is 0 Å². The molecular formula is C14H17N3O3. The molecule has 0 saturated carbocycles. The second-order valence-electron chi connectivity index (χ2n) is 4.37. The van der Waals surface area contributed by atoms with Gasteiger partial charge in [-0.2, -0.15) is 5.10 Å². The summed E-state index contributed by atoms with van der Waals surface area (Å²) in [6.45, 7) is 4.73. The molecule has 6 heteroatoms. The molecule has 0 aromatic carbocycles. The van der Waals surface area contributed by atoms with Crippen LogP contribution < -0.4 is 4.74 Å². The quantitative estimate of drug-likeness (QED) is 0.877. The van der Waals surface area contributed by atoms with Gasteiger partial charge in [-0.3, -0.25) is 4.68 Å². The summed E-state index contributed by atoms with van der Waals surface area (Å²) in [5.74, 6) is -0.160. The van der Waals surface area contributed by atoms with E-state index in [-0.39, 0.29) is 11.4 Å². The standard InChI is InChI=1S/C14H17N3O3/c1-3-5-11-6-10(14(18)19)7-13(16-11)20-12-8-15-17(4-2)9-12/h6-9H,3-5H2,1-2H3,(H,18,19). The molecule has 2 aromatic rings. The molecule has 0 unspecified atom stereocenters. The van der Waals surface area contributed by atoms with E-state index in [1.54, 1.807) is 23.1 Å². The summed E-state index contributed by atoms with van der Waals surface area (Å²) in [5.41, 5.74) is 0.895. The van der Waals surface area contributed by atoms with Gasteiger partial charge in [-0.05, 0) is 19.4 Å². The normalized spacial score (nSPS) is 10.5. The van der Waals surface area contributed by atoms with Crippen molar-refractivity contribution in [3.05, 3.63) is 35.8 Å². The zero-order valence-corrected chi connectivity index (χ0v) is 11.5. The highest BCUT2D eigenvalue weighted by Crippen LogP contribution is 2.21. The van der Waals surface area contributed by atoms with Crippen LogP contribution in [0.3, 0.4) is 0 Å². The van der Waals surface area contributed by atoms with Crippen molar-refractivity contribution in [2.45, 2.75) is 33.2 Å². The zero-order chi connectivity index (χ0) is 14.5. The average Bonchev–Trinajstić information content (AvgIpc) is 2.86. The Morgan fingerprint density at radius 3 is 2.80 bits per heavy atom. The fraction of sp³-hybridized carbons (Fsp3) is 0.357. The van der Waals surface area contributed by atoms with Crippen molar-refractivity contribution in [3.8, 4) is 11.6 Å². The minimum absolute atomic E-state index is 0.182. The van der Waals surface area contributed by atoms with Crippen molar-refractivity contribution in [2.24, 2.45) is 0 Å². The highest BCUT2D eigenvalue weighted by atomic mass is 16.5. The lowest BCUT2D eigenvalue weighted by atomic mass is 10.1. The molecule has 0 spiro atoms. The maximum Gasteiger partial charge on any atom is 0.335 e. The molecule has 0 amide bonds. The Kier molecular flexibility index (Phi) is 4.34. The Morgan fingerprint density at radius 1 is 1.40 bits per heavy atom. The van der Waals surface area contributed by atoms with E-state index < -0.39 is 5.97 Å². The number of pyridine rings is 1. The molecule has 0 aliphatic rings. The molecule has 0 aliphatic heterocycles. The molecule has 0 atom stereocenters. The highest BCUT2D eigenvalue weighted by Gasteiger charge is 2.10. The Morgan fingerprint density at radius 2 is 2.20 bits per heavy atom. The van der Waals surface area contributed by atoms with Crippen LogP contribution in [-0.2, 0) is 13.0 Å². The Hall–Kier alpha value is -2.37. The van der Waals surface area contributed by atoms with Crippen molar-refractivity contribution in [1.29, 1.82) is 0 Å². The molecule has 0 bridgehead atoms. The maximum atomic E-state index is 11.1. The lowest BCUT2D eigenvalue weighted by Gasteiger charge is -2.06. The first-order chi connectivity index (χ1) is 9.62. The van der Waals surface area contributed by atoms with Gasteiger partial charge in [-0.1, -0.05) is 13.3 Å². The lowest BCUT2D eigenvalue weighted by Crippen LogP contribution is -2.01. The average molecular weight is 275 g/mol. The third-order valence-electron chi connectivity index (χ3n) is 2.76. The summed E-state index contributed by atoms with van der Waals surface area (Å²) < 4.78 is 7.31. The van der Waals surface area contributed by atoms with E-state index in [9.17, 15) is 4.79 Å². The lowest BCUT2D eigenvalue weighted by molar-refractivity contribution is 0.0696. The van der Waals surface area contributed by atoms with Gasteiger partial charge in [0, 0.05) is 18.3 Å². The minimum atomic E-state index is -0.987. The van der Waals surface area contributed by atoms with Crippen LogP contribution in [0, 0.1) is 0 Å². The van der Waals surface area contributed by atoms with Crippen molar-refractivity contribution in [2.75, 3.05) is 0 Å². The largest absolute Gasteiger partial charge is 0.478 e. The van der Waals surface area contributed by atoms with Gasteiger partial charge in [-0.25, -0.2) is 9.78 Å². The maximum absolute atomic E-state index is 11.1. The molecule has 0 radical (unpaired) electrons. The van der Waals surface area contributed by atoms with E-state index in [2.05, 4.69) is 10.1 Å². The number of aromatic carboxylic acids is 1. The number of aryl methyl sites for hydroxylation is 2. The number of ether oxygens (including phenoxy) is 1. The van der Waals surface area contributed by atoms with Gasteiger partial charge in [0.15, 0.2) is 5.75 Å². The summed E-state index contributed by atoms with van der Waals surface area (Å²) in [4.78, 5) is 15.4. The monoisotopic (exact) mass is 275 g/mol. The van der Waals surface area contributed by atoms with Crippen molar-refractivity contribution >= 4 is 5.97 Å². The molecule has 0 saturated heterocycles. The fourth-order valence-electron chi connectivity index (χ4n) is 1.81. The number of carboxylic acid groups (broad SMARTS) is 1. The third-order valence-corrected chi connectivity index (χ3v) is 2.76. The molecule has 20 heavy (non-hydrogen) atoms. The number of carboxylic acids is 1. The molecule has 2 rings (SSSR count). The molecule has 6 nitrogen and oxygen atoms in total. The summed E-state index contributed by atoms with van der Waals surface area (Å²) in [6, 6.07) is 3.00. The summed E-state index contributed by atoms with van der Waals surface area (Å²) in [7, 11) is 0. The van der Waals surface area contributed by atoms with Crippen LogP contribution >= 0.6 is 0 Å². The Bertz CT molecular complexity index is 607. The highest BCUT2D eigenvalue weighted by molar-refractivity contribution is 5.88. The second kappa shape index (κ2) is 6.18. The molecule has 0 aliphatic carbocycles. The number of nitrogens with zero attached hydrogens (tertiary/aromatic N) is 3. The number of rotatable bonds is 6. The van der Waals surface area contributed by atoms with Crippen LogP contribution in [0.5, 0.6) is 11.6 Å². The topological polar surface area (TPSA) is 77.2 Å². The summed E-state index contributed by atoms with van der Waals surface area (Å²) >= 11 is 0. The van der Waals surface area contributed by atoms with Crippen LogP contribution in [0.2, 0.25) is 0 Å². The fourth-order valence-corrected chi connectivity index (χ4v) is 1.81. The number of carbonyl (C=O) groups is 1. The molecule has 1 N–H and O–H groups in total. The van der Waals surface area contributed by atoms with E-state index >= 15 is 0 Å². The smallest absolute Gasteiger partial charge is 0.335 e. The van der Waals surface area contributed by atoms with Gasteiger partial charge in [0.05, 0.1) is 18.0 Å². The second-order valence-corrected chi connectivity index (χ2v) is 4.37. The number of hydrogen-bond donors (Lipinski definition) is 1. The van der Waals surface area contributed by atoms with Crippen LogP contribution in [-0.4, -0.2) is 25.8 Å². The van der Waals surface area contributed by atoms with Gasteiger partial charge in [0.25, 0.3) is 0 Å². The van der Waals surface area contributed by atoms with Gasteiger partial charge < -0.3 is 9.84 Å². The van der Waals surface area contributed by atoms with Gasteiger partial charge in [-0.15, -0.1) is 0 Å².